The van der Waals surface area contributed by atoms with Crippen LogP contribution >= 0.6 is 0 Å². The van der Waals surface area contributed by atoms with Crippen molar-refractivity contribution in [2.45, 2.75) is 38.3 Å². The van der Waals surface area contributed by atoms with Crippen molar-refractivity contribution in [3.05, 3.63) is 41.2 Å². The molecule has 0 aliphatic carbocycles. The van der Waals surface area contributed by atoms with Gasteiger partial charge in [0, 0.05) is 44.3 Å². The lowest BCUT2D eigenvalue weighted by Gasteiger charge is -2.31. The molecule has 2 aromatic rings. The molecule has 0 spiro atoms. The first-order valence-electron chi connectivity index (χ1n) is 9.18. The van der Waals surface area contributed by atoms with Crippen LogP contribution in [0.15, 0.2) is 35.6 Å². The molecule has 4 rings (SSSR count). The van der Waals surface area contributed by atoms with E-state index in [1.165, 1.54) is 6.42 Å². The Morgan fingerprint density at radius 3 is 2.84 bits per heavy atom. The van der Waals surface area contributed by atoms with E-state index in [2.05, 4.69) is 15.0 Å². The Kier molecular flexibility index (Phi) is 4.94. The van der Waals surface area contributed by atoms with E-state index in [4.69, 9.17) is 4.74 Å². The van der Waals surface area contributed by atoms with E-state index in [1.807, 2.05) is 10.8 Å². The Morgan fingerprint density at radius 2 is 2.04 bits per heavy atom. The van der Waals surface area contributed by atoms with Crippen molar-refractivity contribution < 1.29 is 4.74 Å². The summed E-state index contributed by atoms with van der Waals surface area (Å²) in [5.41, 5.74) is -0.0400. The van der Waals surface area contributed by atoms with Gasteiger partial charge in [-0.3, -0.25) is 14.3 Å². The third kappa shape index (κ3) is 3.82. The van der Waals surface area contributed by atoms with Gasteiger partial charge in [0.05, 0.1) is 6.54 Å². The molecule has 7 heteroatoms. The van der Waals surface area contributed by atoms with Crippen molar-refractivity contribution in [1.82, 2.24) is 24.2 Å². The van der Waals surface area contributed by atoms with Crippen LogP contribution in [0.25, 0.3) is 5.82 Å². The maximum atomic E-state index is 12.3. The van der Waals surface area contributed by atoms with Crippen LogP contribution in [0.4, 0.5) is 0 Å². The predicted molar refractivity (Wildman–Crippen MR) is 93.8 cm³/mol. The van der Waals surface area contributed by atoms with Crippen molar-refractivity contribution in [2.75, 3.05) is 26.3 Å². The van der Waals surface area contributed by atoms with Crippen molar-refractivity contribution in [1.29, 1.82) is 0 Å². The van der Waals surface area contributed by atoms with Crippen molar-refractivity contribution >= 4 is 0 Å². The number of nitrogens with zero attached hydrogens (tertiary/aromatic N) is 5. The average molecular weight is 343 g/mol. The standard InChI is InChI=1S/C18H25N5O2/c24-18-4-3-17(22-9-7-19-14-22)20-23(18)13-16-2-1-8-21(16)12-15-5-10-25-11-6-15/h3-4,7,9,14-16H,1-2,5-6,8,10-13H2. The van der Waals surface area contributed by atoms with Crippen LogP contribution in [0.1, 0.15) is 25.7 Å². The SMILES string of the molecule is O=c1ccc(-n2ccnc2)nn1CC1CCCN1CC1CCOCC1. The van der Waals surface area contributed by atoms with E-state index in [9.17, 15) is 4.79 Å². The van der Waals surface area contributed by atoms with Crippen molar-refractivity contribution in [3.8, 4) is 5.82 Å². The van der Waals surface area contributed by atoms with Gasteiger partial charge in [-0.15, -0.1) is 0 Å². The van der Waals surface area contributed by atoms with E-state index in [0.29, 0.717) is 12.6 Å². The fourth-order valence-corrected chi connectivity index (χ4v) is 3.90. The molecule has 134 valence electrons. The van der Waals surface area contributed by atoms with E-state index in [0.717, 1.165) is 57.3 Å². The maximum Gasteiger partial charge on any atom is 0.266 e. The number of rotatable bonds is 5. The third-order valence-electron chi connectivity index (χ3n) is 5.34. The number of imidazole rings is 1. The van der Waals surface area contributed by atoms with Gasteiger partial charge in [0.15, 0.2) is 5.82 Å². The zero-order valence-corrected chi connectivity index (χ0v) is 14.5. The van der Waals surface area contributed by atoms with E-state index < -0.39 is 0 Å². The van der Waals surface area contributed by atoms with Crippen molar-refractivity contribution in [2.24, 2.45) is 5.92 Å². The molecule has 4 heterocycles. The van der Waals surface area contributed by atoms with Gasteiger partial charge in [-0.05, 0) is 44.2 Å². The Hall–Kier alpha value is -1.99. The zero-order valence-electron chi connectivity index (χ0n) is 14.5. The summed E-state index contributed by atoms with van der Waals surface area (Å²) in [4.78, 5) is 18.9. The van der Waals surface area contributed by atoms with Gasteiger partial charge in [0.1, 0.15) is 6.33 Å². The minimum Gasteiger partial charge on any atom is -0.381 e. The fraction of sp³-hybridized carbons (Fsp3) is 0.611. The van der Waals surface area contributed by atoms with Crippen LogP contribution in [0.3, 0.4) is 0 Å². The molecule has 0 saturated carbocycles. The van der Waals surface area contributed by atoms with Gasteiger partial charge < -0.3 is 4.74 Å². The lowest BCUT2D eigenvalue weighted by molar-refractivity contribution is 0.0493. The van der Waals surface area contributed by atoms with E-state index >= 15 is 0 Å². The highest BCUT2D eigenvalue weighted by molar-refractivity contribution is 5.19. The summed E-state index contributed by atoms with van der Waals surface area (Å²) in [6.07, 6.45) is 9.88. The second kappa shape index (κ2) is 7.49. The average Bonchev–Trinajstić information content (AvgIpc) is 3.30. The third-order valence-corrected chi connectivity index (χ3v) is 5.34. The number of ether oxygens (including phenoxy) is 1. The summed E-state index contributed by atoms with van der Waals surface area (Å²) in [7, 11) is 0. The second-order valence-electron chi connectivity index (χ2n) is 7.03. The second-order valence-corrected chi connectivity index (χ2v) is 7.03. The Balaban J connectivity index is 1.47. The highest BCUT2D eigenvalue weighted by Gasteiger charge is 2.28. The summed E-state index contributed by atoms with van der Waals surface area (Å²) in [6, 6.07) is 3.74. The molecule has 0 aromatic carbocycles. The molecule has 25 heavy (non-hydrogen) atoms. The van der Waals surface area contributed by atoms with Crippen LogP contribution < -0.4 is 5.56 Å². The summed E-state index contributed by atoms with van der Waals surface area (Å²) in [6.45, 7) is 4.67. The Morgan fingerprint density at radius 1 is 1.16 bits per heavy atom. The highest BCUT2D eigenvalue weighted by atomic mass is 16.5. The van der Waals surface area contributed by atoms with Crippen molar-refractivity contribution in [3.63, 3.8) is 0 Å². The van der Waals surface area contributed by atoms with Gasteiger partial charge in [0.25, 0.3) is 5.56 Å². The van der Waals surface area contributed by atoms with Gasteiger partial charge in [-0.25, -0.2) is 9.67 Å². The molecular weight excluding hydrogens is 318 g/mol. The Bertz CT molecular complexity index is 736. The lowest BCUT2D eigenvalue weighted by Crippen LogP contribution is -2.40. The Labute approximate surface area is 147 Å². The minimum atomic E-state index is -0.0400. The van der Waals surface area contributed by atoms with Gasteiger partial charge >= 0.3 is 0 Å². The molecule has 7 nitrogen and oxygen atoms in total. The summed E-state index contributed by atoms with van der Waals surface area (Å²) in [5.74, 6) is 1.45. The monoisotopic (exact) mass is 343 g/mol. The molecule has 0 radical (unpaired) electrons. The molecule has 2 fully saturated rings. The number of aromatic nitrogens is 4. The van der Waals surface area contributed by atoms with Crippen LogP contribution in [-0.4, -0.2) is 56.6 Å². The first-order valence-corrected chi connectivity index (χ1v) is 9.18. The number of hydrogen-bond donors (Lipinski definition) is 0. The van der Waals surface area contributed by atoms with Crippen LogP contribution in [0, 0.1) is 5.92 Å². The molecule has 2 saturated heterocycles. The predicted octanol–water partition coefficient (Wildman–Crippen LogP) is 1.32. The van der Waals surface area contributed by atoms with E-state index in [-0.39, 0.29) is 5.56 Å². The lowest BCUT2D eigenvalue weighted by atomic mass is 9.99. The summed E-state index contributed by atoms with van der Waals surface area (Å²) >= 11 is 0. The van der Waals surface area contributed by atoms with Crippen LogP contribution in [-0.2, 0) is 11.3 Å². The molecule has 1 atom stereocenters. The molecule has 2 aliphatic heterocycles. The quantitative estimate of drug-likeness (QED) is 0.819. The molecule has 1 unspecified atom stereocenters. The fourth-order valence-electron chi connectivity index (χ4n) is 3.90. The maximum absolute atomic E-state index is 12.3. The van der Waals surface area contributed by atoms with E-state index in [1.54, 1.807) is 29.3 Å². The largest absolute Gasteiger partial charge is 0.381 e. The smallest absolute Gasteiger partial charge is 0.266 e. The molecule has 2 aromatic heterocycles. The highest BCUT2D eigenvalue weighted by Crippen LogP contribution is 2.23. The number of hydrogen-bond acceptors (Lipinski definition) is 5. The topological polar surface area (TPSA) is 65.2 Å². The normalized spacial score (nSPS) is 22.5. The molecule has 0 N–H and O–H groups in total. The first kappa shape index (κ1) is 16.5. The molecular formula is C18H25N5O2. The first-order chi connectivity index (χ1) is 12.3. The molecule has 2 aliphatic rings. The number of likely N-dealkylation sites (tertiary alicyclic amines) is 1. The van der Waals surface area contributed by atoms with Gasteiger partial charge in [-0.2, -0.15) is 5.10 Å². The molecule has 0 amide bonds. The summed E-state index contributed by atoms with van der Waals surface area (Å²) < 4.78 is 8.91. The minimum absolute atomic E-state index is 0.0400. The van der Waals surface area contributed by atoms with Crippen LogP contribution in [0.2, 0.25) is 0 Å². The van der Waals surface area contributed by atoms with Gasteiger partial charge in [0.2, 0.25) is 0 Å². The zero-order chi connectivity index (χ0) is 17.1. The van der Waals surface area contributed by atoms with Gasteiger partial charge in [-0.1, -0.05) is 0 Å². The molecule has 0 bridgehead atoms. The van der Waals surface area contributed by atoms with Crippen LogP contribution in [0.5, 0.6) is 0 Å². The summed E-state index contributed by atoms with van der Waals surface area (Å²) in [5, 5.41) is 4.54.